The molecule has 0 spiro atoms. The van der Waals surface area contributed by atoms with Crippen LogP contribution in [0.5, 0.6) is 5.75 Å². The zero-order chi connectivity index (χ0) is 16.4. The van der Waals surface area contributed by atoms with Gasteiger partial charge < -0.3 is 9.64 Å². The molecule has 0 fully saturated rings. The summed E-state index contributed by atoms with van der Waals surface area (Å²) < 4.78 is 5.32. The Labute approximate surface area is 143 Å². The van der Waals surface area contributed by atoms with Gasteiger partial charge in [-0.15, -0.1) is 0 Å². The number of para-hydroxylation sites is 1. The molecule has 2 nitrogen and oxygen atoms in total. The fourth-order valence-electron chi connectivity index (χ4n) is 3.61. The van der Waals surface area contributed by atoms with Crippen LogP contribution < -0.4 is 9.64 Å². The average molecular weight is 315 g/mol. The predicted octanol–water partition coefficient (Wildman–Crippen LogP) is 4.85. The molecule has 1 unspecified atom stereocenters. The Hall–Kier alpha value is -2.74. The monoisotopic (exact) mass is 315 g/mol. The van der Waals surface area contributed by atoms with Gasteiger partial charge in [0.2, 0.25) is 0 Å². The van der Waals surface area contributed by atoms with Crippen LogP contribution in [0.1, 0.15) is 22.7 Å². The van der Waals surface area contributed by atoms with Crippen LogP contribution in [-0.2, 0) is 6.42 Å². The van der Waals surface area contributed by atoms with Crippen molar-refractivity contribution >= 4 is 5.69 Å². The summed E-state index contributed by atoms with van der Waals surface area (Å²) in [7, 11) is 1.71. The molecule has 1 atom stereocenters. The van der Waals surface area contributed by atoms with Crippen molar-refractivity contribution in [1.82, 2.24) is 0 Å². The van der Waals surface area contributed by atoms with E-state index in [-0.39, 0.29) is 6.04 Å². The highest BCUT2D eigenvalue weighted by atomic mass is 16.5. The van der Waals surface area contributed by atoms with Crippen LogP contribution in [-0.4, -0.2) is 13.7 Å². The summed E-state index contributed by atoms with van der Waals surface area (Å²) >= 11 is 0. The Morgan fingerprint density at radius 1 is 0.792 bits per heavy atom. The van der Waals surface area contributed by atoms with E-state index in [4.69, 9.17) is 4.74 Å². The molecular weight excluding hydrogens is 294 g/mol. The van der Waals surface area contributed by atoms with Gasteiger partial charge in [-0.1, -0.05) is 60.7 Å². The van der Waals surface area contributed by atoms with E-state index in [2.05, 4.69) is 71.6 Å². The molecule has 1 aliphatic rings. The molecule has 3 aromatic carbocycles. The second-order valence-corrected chi connectivity index (χ2v) is 6.16. The highest BCUT2D eigenvalue weighted by Crippen LogP contribution is 2.38. The minimum absolute atomic E-state index is 0.223. The van der Waals surface area contributed by atoms with Gasteiger partial charge >= 0.3 is 0 Å². The SMILES string of the molecule is COc1ccc(C(c2ccccc2)N2CCc3ccccc32)cc1. The Bertz CT molecular complexity index is 811. The van der Waals surface area contributed by atoms with E-state index < -0.39 is 0 Å². The van der Waals surface area contributed by atoms with Crippen molar-refractivity contribution < 1.29 is 4.74 Å². The van der Waals surface area contributed by atoms with Crippen LogP contribution >= 0.6 is 0 Å². The Balaban J connectivity index is 1.79. The summed E-state index contributed by atoms with van der Waals surface area (Å²) in [4.78, 5) is 2.52. The van der Waals surface area contributed by atoms with E-state index in [1.807, 2.05) is 12.1 Å². The van der Waals surface area contributed by atoms with E-state index in [1.54, 1.807) is 7.11 Å². The van der Waals surface area contributed by atoms with Gasteiger partial charge in [-0.05, 0) is 41.3 Å². The van der Waals surface area contributed by atoms with Gasteiger partial charge in [0.25, 0.3) is 0 Å². The minimum Gasteiger partial charge on any atom is -0.497 e. The third-order valence-electron chi connectivity index (χ3n) is 4.78. The zero-order valence-corrected chi connectivity index (χ0v) is 13.9. The Morgan fingerprint density at radius 2 is 1.46 bits per heavy atom. The van der Waals surface area contributed by atoms with Crippen molar-refractivity contribution in [2.24, 2.45) is 0 Å². The quantitative estimate of drug-likeness (QED) is 0.682. The summed E-state index contributed by atoms with van der Waals surface area (Å²) in [5.41, 5.74) is 5.40. The molecule has 0 radical (unpaired) electrons. The molecule has 3 aromatic rings. The first-order chi connectivity index (χ1) is 11.9. The number of benzene rings is 3. The Morgan fingerprint density at radius 3 is 2.21 bits per heavy atom. The number of hydrogen-bond acceptors (Lipinski definition) is 2. The zero-order valence-electron chi connectivity index (χ0n) is 13.9. The van der Waals surface area contributed by atoms with Crippen molar-refractivity contribution in [1.29, 1.82) is 0 Å². The minimum atomic E-state index is 0.223. The molecule has 0 amide bonds. The molecule has 0 aromatic heterocycles. The summed E-state index contributed by atoms with van der Waals surface area (Å²) in [5.74, 6) is 0.896. The Kier molecular flexibility index (Phi) is 3.96. The van der Waals surface area contributed by atoms with Crippen molar-refractivity contribution in [2.45, 2.75) is 12.5 Å². The summed E-state index contributed by atoms with van der Waals surface area (Å²) in [6.07, 6.45) is 1.11. The molecule has 0 aliphatic carbocycles. The van der Waals surface area contributed by atoms with Crippen molar-refractivity contribution in [3.05, 3.63) is 95.6 Å². The molecule has 4 rings (SSSR count). The van der Waals surface area contributed by atoms with Crippen LogP contribution in [0.25, 0.3) is 0 Å². The van der Waals surface area contributed by atoms with E-state index in [9.17, 15) is 0 Å². The van der Waals surface area contributed by atoms with Gasteiger partial charge in [-0.25, -0.2) is 0 Å². The first-order valence-corrected chi connectivity index (χ1v) is 8.40. The van der Waals surface area contributed by atoms with Gasteiger partial charge in [0.05, 0.1) is 13.2 Å². The standard InChI is InChI=1S/C22H21NO/c1-24-20-13-11-19(12-14-20)22(18-8-3-2-4-9-18)23-16-15-17-7-5-6-10-21(17)23/h2-14,22H,15-16H2,1H3. The van der Waals surface area contributed by atoms with Crippen molar-refractivity contribution in [2.75, 3.05) is 18.6 Å². The molecular formula is C22H21NO. The number of ether oxygens (including phenoxy) is 1. The predicted molar refractivity (Wildman–Crippen MR) is 98.8 cm³/mol. The lowest BCUT2D eigenvalue weighted by atomic mass is 9.97. The highest BCUT2D eigenvalue weighted by molar-refractivity contribution is 5.61. The van der Waals surface area contributed by atoms with Crippen molar-refractivity contribution in [3.8, 4) is 5.75 Å². The fraction of sp³-hybridized carbons (Fsp3) is 0.182. The summed E-state index contributed by atoms with van der Waals surface area (Å²) in [5, 5.41) is 0. The number of methoxy groups -OCH3 is 1. The number of anilines is 1. The maximum absolute atomic E-state index is 5.32. The lowest BCUT2D eigenvalue weighted by Crippen LogP contribution is -2.27. The largest absolute Gasteiger partial charge is 0.497 e. The van der Waals surface area contributed by atoms with Crippen LogP contribution in [0.15, 0.2) is 78.9 Å². The lowest BCUT2D eigenvalue weighted by Gasteiger charge is -2.31. The van der Waals surface area contributed by atoms with Gasteiger partial charge in [-0.2, -0.15) is 0 Å². The molecule has 1 aliphatic heterocycles. The lowest BCUT2D eigenvalue weighted by molar-refractivity contribution is 0.414. The smallest absolute Gasteiger partial charge is 0.118 e. The van der Waals surface area contributed by atoms with E-state index in [0.29, 0.717) is 0 Å². The molecule has 0 saturated carbocycles. The third kappa shape index (κ3) is 2.65. The van der Waals surface area contributed by atoms with E-state index >= 15 is 0 Å². The topological polar surface area (TPSA) is 12.5 Å². The number of nitrogens with zero attached hydrogens (tertiary/aromatic N) is 1. The molecule has 120 valence electrons. The normalized spacial score (nSPS) is 14.3. The van der Waals surface area contributed by atoms with Gasteiger partial charge in [0.1, 0.15) is 5.75 Å². The average Bonchev–Trinajstić information content (AvgIpc) is 3.07. The molecule has 0 N–H and O–H groups in total. The first kappa shape index (κ1) is 14.8. The van der Waals surface area contributed by atoms with E-state index in [1.165, 1.54) is 22.4 Å². The third-order valence-corrected chi connectivity index (χ3v) is 4.78. The fourth-order valence-corrected chi connectivity index (χ4v) is 3.61. The number of hydrogen-bond donors (Lipinski definition) is 0. The van der Waals surface area contributed by atoms with Crippen LogP contribution in [0.4, 0.5) is 5.69 Å². The second-order valence-electron chi connectivity index (χ2n) is 6.16. The van der Waals surface area contributed by atoms with Gasteiger partial charge in [0.15, 0.2) is 0 Å². The molecule has 0 saturated heterocycles. The van der Waals surface area contributed by atoms with Crippen molar-refractivity contribution in [3.63, 3.8) is 0 Å². The highest BCUT2D eigenvalue weighted by Gasteiger charge is 2.28. The second kappa shape index (κ2) is 6.40. The van der Waals surface area contributed by atoms with Gasteiger partial charge in [-0.3, -0.25) is 0 Å². The first-order valence-electron chi connectivity index (χ1n) is 8.40. The molecule has 24 heavy (non-hydrogen) atoms. The van der Waals surface area contributed by atoms with Crippen LogP contribution in [0.3, 0.4) is 0 Å². The molecule has 1 heterocycles. The maximum Gasteiger partial charge on any atom is 0.118 e. The van der Waals surface area contributed by atoms with Crippen LogP contribution in [0, 0.1) is 0 Å². The number of rotatable bonds is 4. The van der Waals surface area contributed by atoms with Crippen LogP contribution in [0.2, 0.25) is 0 Å². The molecule has 0 bridgehead atoms. The molecule has 2 heteroatoms. The summed E-state index contributed by atoms with van der Waals surface area (Å²) in [6.45, 7) is 1.05. The number of fused-ring (bicyclic) bond motifs is 1. The van der Waals surface area contributed by atoms with Gasteiger partial charge in [0, 0.05) is 12.2 Å². The van der Waals surface area contributed by atoms with E-state index in [0.717, 1.165) is 18.7 Å². The maximum atomic E-state index is 5.32. The summed E-state index contributed by atoms with van der Waals surface area (Å²) in [6, 6.07) is 28.2.